The van der Waals surface area contributed by atoms with E-state index < -0.39 is 0 Å². The Morgan fingerprint density at radius 1 is 1.10 bits per heavy atom. The van der Waals surface area contributed by atoms with Crippen molar-refractivity contribution in [1.82, 2.24) is 15.5 Å². The molecule has 0 aliphatic carbocycles. The summed E-state index contributed by atoms with van der Waals surface area (Å²) in [5, 5.41) is 6.55. The van der Waals surface area contributed by atoms with Gasteiger partial charge in [-0.3, -0.25) is 4.79 Å². The second-order valence-corrected chi connectivity index (χ2v) is 6.97. The van der Waals surface area contributed by atoms with Crippen molar-refractivity contribution in [2.45, 2.75) is 19.6 Å². The first-order valence-electron chi connectivity index (χ1n) is 9.78. The summed E-state index contributed by atoms with van der Waals surface area (Å²) in [5.74, 6) is 2.25. The fraction of sp³-hybridized carbons (Fsp3) is 0.364. The Bertz CT molecular complexity index is 849. The minimum absolute atomic E-state index is 0.00803. The Morgan fingerprint density at radius 3 is 2.52 bits per heavy atom. The van der Waals surface area contributed by atoms with Crippen LogP contribution < -0.4 is 20.1 Å². The van der Waals surface area contributed by atoms with Gasteiger partial charge in [-0.15, -0.1) is 0 Å². The van der Waals surface area contributed by atoms with Crippen LogP contribution in [0.2, 0.25) is 0 Å². The number of carbonyl (C=O) groups excluding carboxylic acids is 1. The third-order valence-electron chi connectivity index (χ3n) is 4.44. The van der Waals surface area contributed by atoms with Crippen LogP contribution in [0.25, 0.3) is 0 Å². The van der Waals surface area contributed by atoms with Gasteiger partial charge in [0.25, 0.3) is 5.91 Å². The maximum absolute atomic E-state index is 12.0. The summed E-state index contributed by atoms with van der Waals surface area (Å²) in [6.07, 6.45) is -0.0925. The van der Waals surface area contributed by atoms with Crippen molar-refractivity contribution in [1.29, 1.82) is 0 Å². The number of guanidine groups is 1. The van der Waals surface area contributed by atoms with Crippen LogP contribution in [0.1, 0.15) is 22.8 Å². The average molecular weight is 396 g/mol. The Hall–Kier alpha value is -3.22. The largest absolute Gasteiger partial charge is 0.486 e. The molecule has 1 unspecified atom stereocenters. The standard InChI is InChI=1S/C22H28N4O3/c1-4-23-22(24-13-16-9-11-17(12-10-16)21(27)26(2)3)25-14-18-15-28-19-7-5-6-8-20(19)29-18/h5-12,18H,4,13-15H2,1-3H3,(H2,23,24,25). The molecule has 29 heavy (non-hydrogen) atoms. The molecule has 3 rings (SSSR count). The summed E-state index contributed by atoms with van der Waals surface area (Å²) in [6, 6.07) is 15.2. The summed E-state index contributed by atoms with van der Waals surface area (Å²) in [5.41, 5.74) is 1.70. The number of aliphatic imine (C=N–C) groups is 1. The molecule has 0 saturated heterocycles. The Balaban J connectivity index is 1.55. The maximum atomic E-state index is 12.0. The number of para-hydroxylation sites is 2. The maximum Gasteiger partial charge on any atom is 0.253 e. The molecule has 0 aromatic heterocycles. The molecule has 7 heteroatoms. The second-order valence-electron chi connectivity index (χ2n) is 6.97. The highest BCUT2D eigenvalue weighted by Crippen LogP contribution is 2.30. The van der Waals surface area contributed by atoms with Crippen molar-refractivity contribution >= 4 is 11.9 Å². The Labute approximate surface area is 171 Å². The van der Waals surface area contributed by atoms with Gasteiger partial charge in [-0.2, -0.15) is 0 Å². The predicted octanol–water partition coefficient (Wildman–Crippen LogP) is 2.28. The van der Waals surface area contributed by atoms with Crippen molar-refractivity contribution in [2.24, 2.45) is 4.99 Å². The lowest BCUT2D eigenvalue weighted by atomic mass is 10.1. The lowest BCUT2D eigenvalue weighted by Gasteiger charge is -2.27. The number of nitrogens with one attached hydrogen (secondary N) is 2. The molecule has 0 radical (unpaired) electrons. The molecule has 1 aliphatic rings. The van der Waals surface area contributed by atoms with Gasteiger partial charge in [0.15, 0.2) is 17.5 Å². The summed E-state index contributed by atoms with van der Waals surface area (Å²) < 4.78 is 11.7. The number of nitrogens with zero attached hydrogens (tertiary/aromatic N) is 2. The van der Waals surface area contributed by atoms with Crippen molar-refractivity contribution in [3.05, 3.63) is 59.7 Å². The molecule has 0 saturated carbocycles. The lowest BCUT2D eigenvalue weighted by Crippen LogP contribution is -2.45. The first-order valence-corrected chi connectivity index (χ1v) is 9.78. The van der Waals surface area contributed by atoms with Gasteiger partial charge in [-0.25, -0.2) is 4.99 Å². The molecule has 0 bridgehead atoms. The quantitative estimate of drug-likeness (QED) is 0.579. The van der Waals surface area contributed by atoms with Crippen LogP contribution in [0.3, 0.4) is 0 Å². The summed E-state index contributed by atoms with van der Waals surface area (Å²) in [6.45, 7) is 4.36. The van der Waals surface area contributed by atoms with Crippen molar-refractivity contribution in [3.63, 3.8) is 0 Å². The van der Waals surface area contributed by atoms with E-state index in [2.05, 4.69) is 15.6 Å². The van der Waals surface area contributed by atoms with E-state index in [4.69, 9.17) is 9.47 Å². The minimum Gasteiger partial charge on any atom is -0.486 e. The SMILES string of the molecule is CCNC(=NCc1ccc(C(=O)N(C)C)cc1)NCC1COc2ccccc2O1. The molecule has 1 atom stereocenters. The number of rotatable bonds is 6. The normalized spacial score (nSPS) is 15.6. The summed E-state index contributed by atoms with van der Waals surface area (Å²) in [4.78, 5) is 18.2. The molecule has 2 aromatic carbocycles. The van der Waals surface area contributed by atoms with Gasteiger partial charge in [-0.1, -0.05) is 24.3 Å². The van der Waals surface area contributed by atoms with Crippen LogP contribution >= 0.6 is 0 Å². The highest BCUT2D eigenvalue weighted by atomic mass is 16.6. The van der Waals surface area contributed by atoms with Gasteiger partial charge >= 0.3 is 0 Å². The first kappa shape index (κ1) is 20.5. The van der Waals surface area contributed by atoms with E-state index in [1.165, 1.54) is 0 Å². The van der Waals surface area contributed by atoms with E-state index in [9.17, 15) is 4.79 Å². The van der Waals surface area contributed by atoms with E-state index in [0.29, 0.717) is 31.2 Å². The molecular weight excluding hydrogens is 368 g/mol. The van der Waals surface area contributed by atoms with Crippen LogP contribution in [0.15, 0.2) is 53.5 Å². The molecular formula is C22H28N4O3. The number of hydrogen-bond donors (Lipinski definition) is 2. The number of amides is 1. The van der Waals surface area contributed by atoms with E-state index in [0.717, 1.165) is 23.6 Å². The van der Waals surface area contributed by atoms with Crippen molar-refractivity contribution in [3.8, 4) is 11.5 Å². The highest BCUT2D eigenvalue weighted by Gasteiger charge is 2.20. The molecule has 2 aromatic rings. The molecule has 0 spiro atoms. The van der Waals surface area contributed by atoms with Gasteiger partial charge in [0, 0.05) is 26.2 Å². The van der Waals surface area contributed by atoms with Crippen LogP contribution in [0.5, 0.6) is 11.5 Å². The number of carbonyl (C=O) groups is 1. The van der Waals surface area contributed by atoms with Gasteiger partial charge in [0.2, 0.25) is 0 Å². The Morgan fingerprint density at radius 2 is 1.83 bits per heavy atom. The van der Waals surface area contributed by atoms with Crippen LogP contribution in [0, 0.1) is 0 Å². The van der Waals surface area contributed by atoms with E-state index in [-0.39, 0.29) is 12.0 Å². The van der Waals surface area contributed by atoms with Crippen LogP contribution in [-0.4, -0.2) is 56.7 Å². The van der Waals surface area contributed by atoms with E-state index in [1.54, 1.807) is 19.0 Å². The number of ether oxygens (including phenoxy) is 2. The average Bonchev–Trinajstić information content (AvgIpc) is 2.75. The molecule has 1 amide bonds. The summed E-state index contributed by atoms with van der Waals surface area (Å²) in [7, 11) is 3.49. The molecule has 2 N–H and O–H groups in total. The molecule has 1 aliphatic heterocycles. The fourth-order valence-corrected chi connectivity index (χ4v) is 2.90. The summed E-state index contributed by atoms with van der Waals surface area (Å²) >= 11 is 0. The predicted molar refractivity (Wildman–Crippen MR) is 114 cm³/mol. The molecule has 1 heterocycles. The van der Waals surface area contributed by atoms with Crippen molar-refractivity contribution < 1.29 is 14.3 Å². The fourth-order valence-electron chi connectivity index (χ4n) is 2.90. The Kier molecular flexibility index (Phi) is 6.94. The number of benzene rings is 2. The van der Waals surface area contributed by atoms with E-state index >= 15 is 0 Å². The molecule has 0 fully saturated rings. The lowest BCUT2D eigenvalue weighted by molar-refractivity contribution is 0.0827. The molecule has 7 nitrogen and oxygen atoms in total. The number of hydrogen-bond acceptors (Lipinski definition) is 4. The smallest absolute Gasteiger partial charge is 0.253 e. The van der Waals surface area contributed by atoms with Crippen LogP contribution in [0.4, 0.5) is 0 Å². The first-order chi connectivity index (χ1) is 14.1. The van der Waals surface area contributed by atoms with Crippen molar-refractivity contribution in [2.75, 3.05) is 33.8 Å². The topological polar surface area (TPSA) is 75.2 Å². The number of fused-ring (bicyclic) bond motifs is 1. The third kappa shape index (κ3) is 5.63. The zero-order valence-corrected chi connectivity index (χ0v) is 17.1. The molecule has 154 valence electrons. The van der Waals surface area contributed by atoms with Gasteiger partial charge in [0.1, 0.15) is 12.7 Å². The van der Waals surface area contributed by atoms with Gasteiger partial charge in [0.05, 0.1) is 13.1 Å². The van der Waals surface area contributed by atoms with Gasteiger partial charge < -0.3 is 25.0 Å². The second kappa shape index (κ2) is 9.82. The van der Waals surface area contributed by atoms with Gasteiger partial charge in [-0.05, 0) is 36.8 Å². The zero-order valence-electron chi connectivity index (χ0n) is 17.1. The van der Waals surface area contributed by atoms with E-state index in [1.807, 2.05) is 55.5 Å². The third-order valence-corrected chi connectivity index (χ3v) is 4.44. The zero-order chi connectivity index (χ0) is 20.6. The van der Waals surface area contributed by atoms with Crippen LogP contribution in [-0.2, 0) is 6.54 Å². The highest BCUT2D eigenvalue weighted by molar-refractivity contribution is 5.93. The monoisotopic (exact) mass is 396 g/mol. The minimum atomic E-state index is -0.0925.